The van der Waals surface area contributed by atoms with Crippen molar-refractivity contribution in [1.29, 1.82) is 0 Å². The molecule has 0 spiro atoms. The van der Waals surface area contributed by atoms with Crippen LogP contribution in [0.25, 0.3) is 0 Å². The van der Waals surface area contributed by atoms with Crippen molar-refractivity contribution < 1.29 is 9.13 Å². The van der Waals surface area contributed by atoms with Crippen LogP contribution in [0.1, 0.15) is 5.56 Å². The molecular weight excluding hydrogens is 281 g/mol. The fraction of sp³-hybridized carbons (Fsp3) is 0.235. The zero-order valence-corrected chi connectivity index (χ0v) is 12.1. The Labute approximate surface area is 128 Å². The standard InChI is InChI=1S/C17H16FN3O/c18-12-5-6-15-13(11-12)17(21-9-7-19-8-10-21)20-14-3-1-2-4-16(14)22-15/h1-6,11,19H,7-10H2. The molecule has 0 aliphatic carbocycles. The van der Waals surface area contributed by atoms with E-state index in [1.54, 1.807) is 6.07 Å². The number of fused-ring (bicyclic) bond motifs is 2. The SMILES string of the molecule is Fc1ccc2c(c1)C(N1CCNCC1)=Nc1ccccc1O2. The zero-order valence-electron chi connectivity index (χ0n) is 12.1. The number of amidine groups is 1. The molecule has 0 bridgehead atoms. The summed E-state index contributed by atoms with van der Waals surface area (Å²) in [4.78, 5) is 6.95. The maximum atomic E-state index is 13.8. The van der Waals surface area contributed by atoms with E-state index < -0.39 is 0 Å². The van der Waals surface area contributed by atoms with E-state index in [9.17, 15) is 4.39 Å². The minimum absolute atomic E-state index is 0.281. The predicted octanol–water partition coefficient (Wildman–Crippen LogP) is 2.91. The van der Waals surface area contributed by atoms with Gasteiger partial charge in [0.25, 0.3) is 0 Å². The van der Waals surface area contributed by atoms with Gasteiger partial charge in [-0.15, -0.1) is 0 Å². The molecule has 1 fully saturated rings. The third kappa shape index (κ3) is 2.33. The van der Waals surface area contributed by atoms with Crippen molar-refractivity contribution in [1.82, 2.24) is 10.2 Å². The third-order valence-corrected chi connectivity index (χ3v) is 3.91. The van der Waals surface area contributed by atoms with Crippen LogP contribution in [0.4, 0.5) is 10.1 Å². The first-order valence-corrected chi connectivity index (χ1v) is 7.42. The number of aliphatic imine (C=N–C) groups is 1. The number of nitrogens with one attached hydrogen (secondary N) is 1. The first-order chi connectivity index (χ1) is 10.8. The monoisotopic (exact) mass is 297 g/mol. The van der Waals surface area contributed by atoms with E-state index in [1.165, 1.54) is 12.1 Å². The van der Waals surface area contributed by atoms with Crippen LogP contribution < -0.4 is 10.1 Å². The highest BCUT2D eigenvalue weighted by atomic mass is 19.1. The van der Waals surface area contributed by atoms with Crippen molar-refractivity contribution in [3.05, 3.63) is 53.8 Å². The van der Waals surface area contributed by atoms with E-state index in [1.807, 2.05) is 24.3 Å². The lowest BCUT2D eigenvalue weighted by Crippen LogP contribution is -2.46. The summed E-state index contributed by atoms with van der Waals surface area (Å²) < 4.78 is 19.7. The van der Waals surface area contributed by atoms with Gasteiger partial charge in [-0.25, -0.2) is 9.38 Å². The number of hydrogen-bond acceptors (Lipinski definition) is 4. The van der Waals surface area contributed by atoms with Crippen LogP contribution in [0.5, 0.6) is 11.5 Å². The van der Waals surface area contributed by atoms with Crippen LogP contribution in [-0.2, 0) is 0 Å². The average molecular weight is 297 g/mol. The van der Waals surface area contributed by atoms with E-state index >= 15 is 0 Å². The fourth-order valence-corrected chi connectivity index (χ4v) is 2.81. The Morgan fingerprint density at radius 1 is 1.05 bits per heavy atom. The molecule has 0 aromatic heterocycles. The summed E-state index contributed by atoms with van der Waals surface area (Å²) >= 11 is 0. The summed E-state index contributed by atoms with van der Waals surface area (Å²) in [5.41, 5.74) is 1.48. The van der Waals surface area contributed by atoms with Gasteiger partial charge in [-0.2, -0.15) is 0 Å². The molecule has 2 aliphatic heterocycles. The van der Waals surface area contributed by atoms with E-state index in [0.717, 1.165) is 37.7 Å². The molecule has 0 radical (unpaired) electrons. The fourth-order valence-electron chi connectivity index (χ4n) is 2.81. The average Bonchev–Trinajstić information content (AvgIpc) is 2.72. The number of hydrogen-bond donors (Lipinski definition) is 1. The molecule has 2 aromatic carbocycles. The molecule has 2 heterocycles. The van der Waals surface area contributed by atoms with Crippen LogP contribution >= 0.6 is 0 Å². The highest BCUT2D eigenvalue weighted by Crippen LogP contribution is 2.38. The molecule has 5 heteroatoms. The lowest BCUT2D eigenvalue weighted by Gasteiger charge is -2.30. The number of halogens is 1. The molecule has 1 saturated heterocycles. The van der Waals surface area contributed by atoms with Crippen molar-refractivity contribution in [3.8, 4) is 11.5 Å². The maximum absolute atomic E-state index is 13.8. The molecule has 0 amide bonds. The molecule has 4 rings (SSSR count). The number of para-hydroxylation sites is 2. The highest BCUT2D eigenvalue weighted by Gasteiger charge is 2.24. The van der Waals surface area contributed by atoms with E-state index in [2.05, 4.69) is 10.2 Å². The number of ether oxygens (including phenoxy) is 1. The van der Waals surface area contributed by atoms with Gasteiger partial charge in [0.05, 0.1) is 5.56 Å². The van der Waals surface area contributed by atoms with Crippen molar-refractivity contribution in [2.24, 2.45) is 4.99 Å². The third-order valence-electron chi connectivity index (χ3n) is 3.91. The second-order valence-corrected chi connectivity index (χ2v) is 5.38. The topological polar surface area (TPSA) is 36.9 Å². The van der Waals surface area contributed by atoms with Crippen molar-refractivity contribution in [3.63, 3.8) is 0 Å². The van der Waals surface area contributed by atoms with Gasteiger partial charge in [0.15, 0.2) is 5.75 Å². The maximum Gasteiger partial charge on any atom is 0.153 e. The molecule has 0 saturated carbocycles. The van der Waals surface area contributed by atoms with Gasteiger partial charge in [-0.3, -0.25) is 0 Å². The Balaban J connectivity index is 1.88. The van der Waals surface area contributed by atoms with Crippen LogP contribution in [0, 0.1) is 5.82 Å². The van der Waals surface area contributed by atoms with Crippen molar-refractivity contribution >= 4 is 11.5 Å². The molecular formula is C17H16FN3O. The normalized spacial score (nSPS) is 17.0. The number of nitrogens with zero attached hydrogens (tertiary/aromatic N) is 2. The van der Waals surface area contributed by atoms with Gasteiger partial charge in [0, 0.05) is 26.2 Å². The van der Waals surface area contributed by atoms with Gasteiger partial charge < -0.3 is 15.0 Å². The molecule has 2 aliphatic rings. The second kappa shape index (κ2) is 5.42. The summed E-state index contributed by atoms with van der Waals surface area (Å²) in [6.45, 7) is 3.48. The minimum Gasteiger partial charge on any atom is -0.454 e. The van der Waals surface area contributed by atoms with E-state index in [0.29, 0.717) is 17.1 Å². The summed E-state index contributed by atoms with van der Waals surface area (Å²) in [5, 5.41) is 3.32. The Morgan fingerprint density at radius 3 is 2.73 bits per heavy atom. The predicted molar refractivity (Wildman–Crippen MR) is 83.6 cm³/mol. The molecule has 0 unspecified atom stereocenters. The summed E-state index contributed by atoms with van der Waals surface area (Å²) in [5.74, 6) is 1.83. The molecule has 0 atom stereocenters. The largest absolute Gasteiger partial charge is 0.454 e. The molecule has 4 nitrogen and oxygen atoms in total. The van der Waals surface area contributed by atoms with Crippen molar-refractivity contribution in [2.75, 3.05) is 26.2 Å². The zero-order chi connectivity index (χ0) is 14.9. The lowest BCUT2D eigenvalue weighted by atomic mass is 10.1. The first kappa shape index (κ1) is 13.3. The van der Waals surface area contributed by atoms with E-state index in [4.69, 9.17) is 9.73 Å². The summed E-state index contributed by atoms with van der Waals surface area (Å²) in [6, 6.07) is 12.2. The van der Waals surface area contributed by atoms with Crippen LogP contribution in [0.2, 0.25) is 0 Å². The molecule has 2 aromatic rings. The minimum atomic E-state index is -0.281. The van der Waals surface area contributed by atoms with Gasteiger partial charge in [-0.05, 0) is 30.3 Å². The van der Waals surface area contributed by atoms with E-state index in [-0.39, 0.29) is 5.82 Å². The summed E-state index contributed by atoms with van der Waals surface area (Å²) in [7, 11) is 0. The molecule has 112 valence electrons. The summed E-state index contributed by atoms with van der Waals surface area (Å²) in [6.07, 6.45) is 0. The Kier molecular flexibility index (Phi) is 3.27. The quantitative estimate of drug-likeness (QED) is 0.812. The van der Waals surface area contributed by atoms with Gasteiger partial charge in [-0.1, -0.05) is 12.1 Å². The second-order valence-electron chi connectivity index (χ2n) is 5.38. The molecule has 1 N–H and O–H groups in total. The van der Waals surface area contributed by atoms with Gasteiger partial charge in [0.2, 0.25) is 0 Å². The van der Waals surface area contributed by atoms with Crippen LogP contribution in [0.3, 0.4) is 0 Å². The number of benzene rings is 2. The Morgan fingerprint density at radius 2 is 1.86 bits per heavy atom. The van der Waals surface area contributed by atoms with Gasteiger partial charge >= 0.3 is 0 Å². The van der Waals surface area contributed by atoms with Gasteiger partial charge in [0.1, 0.15) is 23.1 Å². The Bertz CT molecular complexity index is 738. The number of rotatable bonds is 0. The highest BCUT2D eigenvalue weighted by molar-refractivity contribution is 6.03. The van der Waals surface area contributed by atoms with Crippen LogP contribution in [0.15, 0.2) is 47.5 Å². The smallest absolute Gasteiger partial charge is 0.153 e. The van der Waals surface area contributed by atoms with Crippen molar-refractivity contribution in [2.45, 2.75) is 0 Å². The first-order valence-electron chi connectivity index (χ1n) is 7.42. The lowest BCUT2D eigenvalue weighted by molar-refractivity contribution is 0.357. The number of piperazine rings is 1. The van der Waals surface area contributed by atoms with Crippen LogP contribution in [-0.4, -0.2) is 36.9 Å². The molecule has 22 heavy (non-hydrogen) atoms. The Hall–Kier alpha value is -2.40.